The molecule has 0 N–H and O–H groups in total. The summed E-state index contributed by atoms with van der Waals surface area (Å²) in [5.74, 6) is -0.218. The summed E-state index contributed by atoms with van der Waals surface area (Å²) in [5.41, 5.74) is 0.199. The van der Waals surface area contributed by atoms with Crippen molar-refractivity contribution >= 4 is 43.6 Å². The molecular weight excluding hydrogens is 380 g/mol. The highest BCUT2D eigenvalue weighted by Gasteiger charge is 2.13. The monoisotopic (exact) mass is 398 g/mol. The van der Waals surface area contributed by atoms with Crippen LogP contribution in [0.5, 0.6) is 5.75 Å². The summed E-state index contributed by atoms with van der Waals surface area (Å²) in [5, 5.41) is 1.12. The Morgan fingerprint density at radius 1 is 1.00 bits per heavy atom. The Morgan fingerprint density at radius 2 is 1.71 bits per heavy atom. The van der Waals surface area contributed by atoms with Gasteiger partial charge in [-0.1, -0.05) is 24.8 Å². The van der Waals surface area contributed by atoms with E-state index in [-0.39, 0.29) is 24.4 Å². The number of esters is 1. The van der Waals surface area contributed by atoms with Gasteiger partial charge in [-0.15, -0.1) is 11.3 Å². The van der Waals surface area contributed by atoms with E-state index in [1.165, 1.54) is 11.3 Å². The zero-order valence-corrected chi connectivity index (χ0v) is 16.0. The average Bonchev–Trinajstić information content (AvgIpc) is 2.68. The molecule has 0 aliphatic carbocycles. The molecule has 0 spiro atoms. The van der Waals surface area contributed by atoms with Crippen molar-refractivity contribution in [2.45, 2.75) is 13.3 Å². The molecule has 0 aliphatic heterocycles. The van der Waals surface area contributed by atoms with Gasteiger partial charge in [-0.25, -0.2) is 9.59 Å². The Morgan fingerprint density at radius 3 is 2.50 bits per heavy atom. The van der Waals surface area contributed by atoms with E-state index in [1.54, 1.807) is 31.2 Å². The largest absolute Gasteiger partial charge is 0.513 e. The lowest BCUT2D eigenvalue weighted by atomic mass is 10.2. The Hall–Kier alpha value is -3.19. The quantitative estimate of drug-likeness (QED) is 0.201. The first kappa shape index (κ1) is 19.6. The summed E-state index contributed by atoms with van der Waals surface area (Å²) in [4.78, 5) is 35.9. The van der Waals surface area contributed by atoms with Crippen LogP contribution in [0.4, 0.5) is 4.79 Å². The van der Waals surface area contributed by atoms with Crippen LogP contribution in [0.1, 0.15) is 13.3 Å². The second-order valence-corrected chi connectivity index (χ2v) is 7.08. The van der Waals surface area contributed by atoms with E-state index in [4.69, 9.17) is 14.2 Å². The number of fused-ring (bicyclic) bond motifs is 2. The smallest absolute Gasteiger partial charge is 0.462 e. The maximum atomic E-state index is 12.7. The molecule has 28 heavy (non-hydrogen) atoms. The first-order chi connectivity index (χ1) is 13.5. The summed E-state index contributed by atoms with van der Waals surface area (Å²) in [6, 6.07) is 12.3. The van der Waals surface area contributed by atoms with Gasteiger partial charge in [0.05, 0.1) is 17.9 Å². The van der Waals surface area contributed by atoms with E-state index < -0.39 is 12.1 Å². The Balaban J connectivity index is 1.67. The lowest BCUT2D eigenvalue weighted by molar-refractivity contribution is -0.139. The highest BCUT2D eigenvalue weighted by molar-refractivity contribution is 7.24. The van der Waals surface area contributed by atoms with Crippen molar-refractivity contribution in [1.29, 1.82) is 0 Å². The summed E-state index contributed by atoms with van der Waals surface area (Å²) < 4.78 is 16.6. The third-order valence-corrected chi connectivity index (χ3v) is 5.05. The van der Waals surface area contributed by atoms with E-state index >= 15 is 0 Å². The van der Waals surface area contributed by atoms with Crippen LogP contribution in [-0.4, -0.2) is 25.3 Å². The van der Waals surface area contributed by atoms with Crippen molar-refractivity contribution in [2.75, 3.05) is 13.2 Å². The van der Waals surface area contributed by atoms with Gasteiger partial charge >= 0.3 is 12.1 Å². The van der Waals surface area contributed by atoms with Gasteiger partial charge in [-0.2, -0.15) is 0 Å². The van der Waals surface area contributed by atoms with E-state index in [9.17, 15) is 14.4 Å². The molecule has 0 fully saturated rings. The van der Waals surface area contributed by atoms with Crippen molar-refractivity contribution < 1.29 is 23.8 Å². The number of hydrogen-bond donors (Lipinski definition) is 0. The van der Waals surface area contributed by atoms with Crippen LogP contribution in [0.15, 0.2) is 59.4 Å². The number of benzene rings is 2. The van der Waals surface area contributed by atoms with Gasteiger partial charge in [0.1, 0.15) is 0 Å². The van der Waals surface area contributed by atoms with Crippen LogP contribution in [0.25, 0.3) is 20.2 Å². The molecule has 1 heterocycles. The van der Waals surface area contributed by atoms with Gasteiger partial charge in [-0.05, 0) is 31.2 Å². The molecule has 0 bridgehead atoms. The van der Waals surface area contributed by atoms with Crippen LogP contribution in [-0.2, 0) is 14.3 Å². The topological polar surface area (TPSA) is 78.9 Å². The van der Waals surface area contributed by atoms with Crippen LogP contribution in [0.3, 0.4) is 0 Å². The minimum atomic E-state index is -0.883. The molecule has 1 aromatic heterocycles. The van der Waals surface area contributed by atoms with E-state index in [2.05, 4.69) is 6.58 Å². The molecule has 0 atom stereocenters. The highest BCUT2D eigenvalue weighted by Crippen LogP contribution is 2.32. The fourth-order valence-corrected chi connectivity index (χ4v) is 3.62. The van der Waals surface area contributed by atoms with E-state index in [0.717, 1.165) is 4.70 Å². The molecule has 6 nitrogen and oxygen atoms in total. The molecular formula is C21H18O6S. The first-order valence-electron chi connectivity index (χ1n) is 8.59. The predicted octanol–water partition coefficient (Wildman–Crippen LogP) is 4.44. The van der Waals surface area contributed by atoms with Gasteiger partial charge in [0.2, 0.25) is 0 Å². The summed E-state index contributed by atoms with van der Waals surface area (Å²) >= 11 is 1.37. The van der Waals surface area contributed by atoms with Crippen molar-refractivity contribution in [3.8, 4) is 5.75 Å². The lowest BCUT2D eigenvalue weighted by Crippen LogP contribution is -2.14. The van der Waals surface area contributed by atoms with Crippen molar-refractivity contribution in [3.63, 3.8) is 0 Å². The minimum absolute atomic E-state index is 0.0340. The maximum Gasteiger partial charge on any atom is 0.513 e. The number of ether oxygens (including phenoxy) is 3. The summed E-state index contributed by atoms with van der Waals surface area (Å²) in [6.45, 7) is 5.18. The van der Waals surface area contributed by atoms with Crippen molar-refractivity contribution in [3.05, 3.63) is 64.8 Å². The first-order valence-corrected chi connectivity index (χ1v) is 9.41. The Labute approximate surface area is 165 Å². The number of carbonyl (C=O) groups excluding carboxylic acids is 2. The molecule has 0 amide bonds. The standard InChI is InChI=1S/C21H18O6S/c1-13(2)20(23)25-11-6-12-26-21(24)27-16-9-5-8-15-18(22)14-7-3-4-10-17(14)28-19(15)16/h3-5,7-10H,1,6,11-12H2,2H3. The van der Waals surface area contributed by atoms with E-state index in [0.29, 0.717) is 27.5 Å². The molecule has 0 aliphatic rings. The summed E-state index contributed by atoms with van der Waals surface area (Å²) in [7, 11) is 0. The van der Waals surface area contributed by atoms with Gasteiger partial charge < -0.3 is 14.2 Å². The van der Waals surface area contributed by atoms with E-state index in [1.807, 2.05) is 18.2 Å². The highest BCUT2D eigenvalue weighted by atomic mass is 32.1. The SMILES string of the molecule is C=C(C)C(=O)OCCCOC(=O)Oc1cccc2c(=O)c3ccccc3sc12. The van der Waals surface area contributed by atoms with Crippen molar-refractivity contribution in [2.24, 2.45) is 0 Å². The zero-order chi connectivity index (χ0) is 20.1. The summed E-state index contributed by atoms with van der Waals surface area (Å²) in [6.07, 6.45) is -0.548. The fourth-order valence-electron chi connectivity index (χ4n) is 2.50. The zero-order valence-electron chi connectivity index (χ0n) is 15.2. The third-order valence-electron chi connectivity index (χ3n) is 3.85. The van der Waals surface area contributed by atoms with Gasteiger partial charge in [0.15, 0.2) is 11.2 Å². The second kappa shape index (κ2) is 8.67. The second-order valence-electron chi connectivity index (χ2n) is 6.03. The number of carbonyl (C=O) groups is 2. The maximum absolute atomic E-state index is 12.7. The molecule has 7 heteroatoms. The van der Waals surface area contributed by atoms with Crippen LogP contribution >= 0.6 is 11.3 Å². The lowest BCUT2D eigenvalue weighted by Gasteiger charge is -2.09. The number of rotatable bonds is 6. The molecule has 3 aromatic rings. The molecule has 0 saturated carbocycles. The normalized spacial score (nSPS) is 10.6. The van der Waals surface area contributed by atoms with Crippen molar-refractivity contribution in [1.82, 2.24) is 0 Å². The minimum Gasteiger partial charge on any atom is -0.462 e. The fraction of sp³-hybridized carbons (Fsp3) is 0.190. The van der Waals surface area contributed by atoms with Gasteiger partial charge in [0.25, 0.3) is 0 Å². The number of hydrogen-bond acceptors (Lipinski definition) is 7. The molecule has 0 unspecified atom stereocenters. The Bertz CT molecular complexity index is 1110. The Kier molecular flexibility index (Phi) is 6.06. The molecule has 0 radical (unpaired) electrons. The molecule has 2 aromatic carbocycles. The molecule has 3 rings (SSSR count). The predicted molar refractivity (Wildman–Crippen MR) is 108 cm³/mol. The van der Waals surface area contributed by atoms with Crippen LogP contribution in [0.2, 0.25) is 0 Å². The third kappa shape index (κ3) is 4.37. The molecule has 0 saturated heterocycles. The van der Waals surface area contributed by atoms with Crippen LogP contribution < -0.4 is 10.2 Å². The van der Waals surface area contributed by atoms with Gasteiger partial charge in [0, 0.05) is 27.5 Å². The molecule has 144 valence electrons. The van der Waals surface area contributed by atoms with Crippen LogP contribution in [0, 0.1) is 0 Å². The van der Waals surface area contributed by atoms with Gasteiger partial charge in [-0.3, -0.25) is 4.79 Å². The average molecular weight is 398 g/mol.